The van der Waals surface area contributed by atoms with E-state index in [2.05, 4.69) is 5.32 Å². The van der Waals surface area contributed by atoms with Crippen molar-refractivity contribution in [1.29, 1.82) is 0 Å². The summed E-state index contributed by atoms with van der Waals surface area (Å²) in [6, 6.07) is 5.04. The van der Waals surface area contributed by atoms with Crippen molar-refractivity contribution in [1.82, 2.24) is 5.32 Å². The van der Waals surface area contributed by atoms with Crippen molar-refractivity contribution in [3.63, 3.8) is 0 Å². The average molecular weight is 362 g/mol. The van der Waals surface area contributed by atoms with E-state index in [1.165, 1.54) is 7.11 Å². The minimum absolute atomic E-state index is 0.121. The number of rotatable bonds is 6. The van der Waals surface area contributed by atoms with E-state index in [1.807, 2.05) is 0 Å². The van der Waals surface area contributed by atoms with Gasteiger partial charge in [-0.1, -0.05) is 0 Å². The highest BCUT2D eigenvalue weighted by atomic mass is 16.5. The minimum Gasteiger partial charge on any atom is -0.497 e. The molecule has 0 spiro atoms. The van der Waals surface area contributed by atoms with Gasteiger partial charge in [0.1, 0.15) is 11.5 Å². The fourth-order valence-electron chi connectivity index (χ4n) is 3.38. The summed E-state index contributed by atoms with van der Waals surface area (Å²) in [7, 11) is 3.06. The number of amides is 2. The molecule has 1 aromatic rings. The number of aliphatic carboxylic acids is 1. The minimum atomic E-state index is -0.829. The van der Waals surface area contributed by atoms with Gasteiger partial charge < -0.3 is 24.8 Å². The van der Waals surface area contributed by atoms with Gasteiger partial charge in [0.15, 0.2) is 0 Å². The first-order valence-electron chi connectivity index (χ1n) is 8.48. The molecule has 2 N–H and O–H groups in total. The number of carboxylic acids is 1. The second kappa shape index (κ2) is 7.23. The Morgan fingerprint density at radius 2 is 1.92 bits per heavy atom. The van der Waals surface area contributed by atoms with Crippen LogP contribution in [-0.4, -0.2) is 49.7 Å². The molecular weight excluding hydrogens is 340 g/mol. The third kappa shape index (κ3) is 3.44. The van der Waals surface area contributed by atoms with E-state index in [4.69, 9.17) is 14.6 Å². The van der Waals surface area contributed by atoms with Gasteiger partial charge in [0.25, 0.3) is 0 Å². The standard InChI is InChI=1S/C18H22N2O6/c1-25-13-3-4-14(15(8-13)26-2)20-9-11(7-16(20)21)17(22)19-12-5-10(6-12)18(23)24/h3-4,8,10-12H,5-7,9H2,1-2H3,(H,19,22)(H,23,24). The van der Waals surface area contributed by atoms with Crippen LogP contribution in [0.25, 0.3) is 0 Å². The van der Waals surface area contributed by atoms with Crippen LogP contribution in [0, 0.1) is 11.8 Å². The number of nitrogens with zero attached hydrogens (tertiary/aromatic N) is 1. The van der Waals surface area contributed by atoms with E-state index in [1.54, 1.807) is 30.2 Å². The first-order chi connectivity index (χ1) is 12.4. The van der Waals surface area contributed by atoms with E-state index in [0.29, 0.717) is 30.0 Å². The molecule has 2 aliphatic rings. The first-order valence-corrected chi connectivity index (χ1v) is 8.48. The smallest absolute Gasteiger partial charge is 0.306 e. The predicted molar refractivity (Wildman–Crippen MR) is 92.3 cm³/mol. The molecule has 140 valence electrons. The number of hydrogen-bond acceptors (Lipinski definition) is 5. The van der Waals surface area contributed by atoms with Crippen LogP contribution in [0.5, 0.6) is 11.5 Å². The molecule has 1 atom stereocenters. The Hall–Kier alpha value is -2.77. The molecule has 0 bridgehead atoms. The Labute approximate surface area is 151 Å². The number of nitrogens with one attached hydrogen (secondary N) is 1. The van der Waals surface area contributed by atoms with Crippen molar-refractivity contribution >= 4 is 23.5 Å². The third-order valence-corrected chi connectivity index (χ3v) is 5.01. The second-order valence-corrected chi connectivity index (χ2v) is 6.66. The molecule has 1 heterocycles. The first kappa shape index (κ1) is 18.0. The van der Waals surface area contributed by atoms with Crippen LogP contribution in [-0.2, 0) is 14.4 Å². The molecule has 8 nitrogen and oxygen atoms in total. The zero-order valence-electron chi connectivity index (χ0n) is 14.7. The Morgan fingerprint density at radius 3 is 2.54 bits per heavy atom. The summed E-state index contributed by atoms with van der Waals surface area (Å²) in [6.45, 7) is 0.266. The molecule has 26 heavy (non-hydrogen) atoms. The molecule has 3 rings (SSSR count). The molecular formula is C18H22N2O6. The van der Waals surface area contributed by atoms with E-state index >= 15 is 0 Å². The summed E-state index contributed by atoms with van der Waals surface area (Å²) < 4.78 is 10.5. The van der Waals surface area contributed by atoms with Gasteiger partial charge in [-0.2, -0.15) is 0 Å². The van der Waals surface area contributed by atoms with Crippen molar-refractivity contribution in [3.05, 3.63) is 18.2 Å². The Kier molecular flexibility index (Phi) is 5.01. The van der Waals surface area contributed by atoms with E-state index in [9.17, 15) is 14.4 Å². The quantitative estimate of drug-likeness (QED) is 0.783. The monoisotopic (exact) mass is 362 g/mol. The van der Waals surface area contributed by atoms with Crippen molar-refractivity contribution in [2.75, 3.05) is 25.7 Å². The lowest BCUT2D eigenvalue weighted by Gasteiger charge is -2.33. The number of anilines is 1. The van der Waals surface area contributed by atoms with Gasteiger partial charge in [0.2, 0.25) is 11.8 Å². The summed E-state index contributed by atoms with van der Waals surface area (Å²) in [5.41, 5.74) is 0.600. The lowest BCUT2D eigenvalue weighted by molar-refractivity contribution is -0.146. The number of ether oxygens (including phenoxy) is 2. The topological polar surface area (TPSA) is 105 Å². The lowest BCUT2D eigenvalue weighted by Crippen LogP contribution is -2.48. The van der Waals surface area contributed by atoms with Gasteiger partial charge in [-0.15, -0.1) is 0 Å². The molecule has 2 fully saturated rings. The molecule has 1 unspecified atom stereocenters. The van der Waals surface area contributed by atoms with Crippen molar-refractivity contribution < 1.29 is 29.0 Å². The number of carboxylic acid groups (broad SMARTS) is 1. The molecule has 8 heteroatoms. The van der Waals surface area contributed by atoms with Crippen LogP contribution in [0.2, 0.25) is 0 Å². The molecule has 1 saturated carbocycles. The van der Waals surface area contributed by atoms with E-state index in [-0.39, 0.29) is 36.7 Å². The fourth-order valence-corrected chi connectivity index (χ4v) is 3.38. The Balaban J connectivity index is 1.64. The van der Waals surface area contributed by atoms with Crippen molar-refractivity contribution in [2.24, 2.45) is 11.8 Å². The highest BCUT2D eigenvalue weighted by Crippen LogP contribution is 2.36. The fraction of sp³-hybridized carbons (Fsp3) is 0.500. The summed E-state index contributed by atoms with van der Waals surface area (Å²) in [5, 5.41) is 11.7. The maximum Gasteiger partial charge on any atom is 0.306 e. The predicted octanol–water partition coefficient (Wildman–Crippen LogP) is 1.04. The normalized spacial score (nSPS) is 24.8. The zero-order chi connectivity index (χ0) is 18.8. The van der Waals surface area contributed by atoms with Crippen LogP contribution >= 0.6 is 0 Å². The number of carbonyl (C=O) groups is 3. The molecule has 1 aromatic carbocycles. The van der Waals surface area contributed by atoms with Crippen molar-refractivity contribution in [3.8, 4) is 11.5 Å². The molecule has 1 aliphatic carbocycles. The van der Waals surface area contributed by atoms with E-state index < -0.39 is 11.9 Å². The Bertz CT molecular complexity index is 728. The van der Waals surface area contributed by atoms with Crippen LogP contribution in [0.15, 0.2) is 18.2 Å². The van der Waals surface area contributed by atoms with Gasteiger partial charge in [-0.05, 0) is 25.0 Å². The summed E-state index contributed by atoms with van der Waals surface area (Å²) >= 11 is 0. The lowest BCUT2D eigenvalue weighted by atomic mass is 9.80. The van der Waals surface area contributed by atoms with E-state index in [0.717, 1.165) is 0 Å². The van der Waals surface area contributed by atoms with Crippen LogP contribution < -0.4 is 19.7 Å². The average Bonchev–Trinajstić information content (AvgIpc) is 2.98. The van der Waals surface area contributed by atoms with Gasteiger partial charge in [-0.25, -0.2) is 0 Å². The molecule has 0 aromatic heterocycles. The molecule has 0 radical (unpaired) electrons. The summed E-state index contributed by atoms with van der Waals surface area (Å²) in [4.78, 5) is 37.2. The van der Waals surface area contributed by atoms with Crippen LogP contribution in [0.4, 0.5) is 5.69 Å². The maximum atomic E-state index is 12.4. The molecule has 1 saturated heterocycles. The van der Waals surface area contributed by atoms with Crippen molar-refractivity contribution in [2.45, 2.75) is 25.3 Å². The third-order valence-electron chi connectivity index (χ3n) is 5.01. The second-order valence-electron chi connectivity index (χ2n) is 6.66. The Morgan fingerprint density at radius 1 is 1.19 bits per heavy atom. The van der Waals surface area contributed by atoms with Gasteiger partial charge in [-0.3, -0.25) is 14.4 Å². The molecule has 1 aliphatic heterocycles. The van der Waals surface area contributed by atoms with Gasteiger partial charge >= 0.3 is 5.97 Å². The SMILES string of the molecule is COc1ccc(N2CC(C(=O)NC3CC(C(=O)O)C3)CC2=O)c(OC)c1. The highest BCUT2D eigenvalue weighted by Gasteiger charge is 2.40. The zero-order valence-corrected chi connectivity index (χ0v) is 14.7. The number of carbonyl (C=O) groups excluding carboxylic acids is 2. The number of methoxy groups -OCH3 is 2. The largest absolute Gasteiger partial charge is 0.497 e. The van der Waals surface area contributed by atoms with Gasteiger partial charge in [0.05, 0.1) is 31.7 Å². The highest BCUT2D eigenvalue weighted by molar-refractivity contribution is 6.01. The summed E-state index contributed by atoms with van der Waals surface area (Å²) in [5.74, 6) is -0.910. The number of hydrogen-bond donors (Lipinski definition) is 2. The maximum absolute atomic E-state index is 12.4. The summed E-state index contributed by atoms with van der Waals surface area (Å²) in [6.07, 6.45) is 1.01. The molecule has 2 amide bonds. The van der Waals surface area contributed by atoms with Crippen LogP contribution in [0.1, 0.15) is 19.3 Å². The van der Waals surface area contributed by atoms with Gasteiger partial charge in [0, 0.05) is 25.1 Å². The number of benzene rings is 1. The van der Waals surface area contributed by atoms with Crippen LogP contribution in [0.3, 0.4) is 0 Å².